The molecule has 2 aromatic carbocycles. The zero-order chi connectivity index (χ0) is 28.4. The van der Waals surface area contributed by atoms with E-state index in [-0.39, 0.29) is 11.8 Å². The number of anilines is 2. The van der Waals surface area contributed by atoms with E-state index in [0.717, 1.165) is 44.5 Å². The summed E-state index contributed by atoms with van der Waals surface area (Å²) < 4.78 is 5.12. The van der Waals surface area contributed by atoms with E-state index in [9.17, 15) is 9.59 Å². The van der Waals surface area contributed by atoms with Crippen LogP contribution >= 0.6 is 0 Å². The van der Waals surface area contributed by atoms with E-state index in [1.54, 1.807) is 7.11 Å². The second-order valence-electron chi connectivity index (χ2n) is 11.1. The van der Waals surface area contributed by atoms with Crippen LogP contribution in [0.5, 0.6) is 0 Å². The average Bonchev–Trinajstić information content (AvgIpc) is 2.97. The Hall–Kier alpha value is -2.86. The molecule has 1 aliphatic heterocycles. The van der Waals surface area contributed by atoms with E-state index < -0.39 is 0 Å². The number of rotatable bonds is 19. The SMILES string of the molecule is CCCCCCCCCCCCCC(=O)Nc1ccc(N2CCc3ccccc3C2)c(C(=O)NCCCOC)c1. The molecule has 1 aliphatic rings. The molecule has 0 fully saturated rings. The van der Waals surface area contributed by atoms with Crippen molar-refractivity contribution in [2.45, 2.75) is 103 Å². The van der Waals surface area contributed by atoms with Gasteiger partial charge in [0.15, 0.2) is 0 Å². The Kier molecular flexibility index (Phi) is 14.6. The summed E-state index contributed by atoms with van der Waals surface area (Å²) in [7, 11) is 1.66. The summed E-state index contributed by atoms with van der Waals surface area (Å²) in [4.78, 5) is 28.2. The predicted octanol–water partition coefficient (Wildman–Crippen LogP) is 7.66. The molecule has 0 bridgehead atoms. The second kappa shape index (κ2) is 18.5. The van der Waals surface area contributed by atoms with Gasteiger partial charge in [-0.05, 0) is 48.6 Å². The first-order valence-electron chi connectivity index (χ1n) is 15.6. The number of benzene rings is 2. The molecule has 2 aromatic rings. The largest absolute Gasteiger partial charge is 0.385 e. The number of amides is 2. The number of methoxy groups -OCH3 is 1. The maximum atomic E-state index is 13.2. The number of hydrogen-bond donors (Lipinski definition) is 2. The lowest BCUT2D eigenvalue weighted by atomic mass is 9.98. The van der Waals surface area contributed by atoms with Gasteiger partial charge in [0, 0.05) is 51.1 Å². The summed E-state index contributed by atoms with van der Waals surface area (Å²) in [5.74, 6) is -0.103. The Bertz CT molecular complexity index is 1040. The van der Waals surface area contributed by atoms with Crippen LogP contribution in [0.1, 0.15) is 112 Å². The van der Waals surface area contributed by atoms with Crippen molar-refractivity contribution in [1.82, 2.24) is 5.32 Å². The zero-order valence-corrected chi connectivity index (χ0v) is 24.9. The molecular weight excluding hydrogens is 498 g/mol. The highest BCUT2D eigenvalue weighted by atomic mass is 16.5. The highest BCUT2D eigenvalue weighted by Crippen LogP contribution is 2.30. The molecule has 220 valence electrons. The van der Waals surface area contributed by atoms with Gasteiger partial charge in [0.25, 0.3) is 5.91 Å². The molecule has 2 N–H and O–H groups in total. The van der Waals surface area contributed by atoms with Gasteiger partial charge in [-0.15, -0.1) is 0 Å². The molecule has 0 aliphatic carbocycles. The first-order valence-corrected chi connectivity index (χ1v) is 15.6. The Balaban J connectivity index is 1.50. The first-order chi connectivity index (χ1) is 19.6. The van der Waals surface area contributed by atoms with Gasteiger partial charge in [-0.1, -0.05) is 95.4 Å². The van der Waals surface area contributed by atoms with Gasteiger partial charge in [-0.2, -0.15) is 0 Å². The molecule has 2 amide bonds. The fourth-order valence-electron chi connectivity index (χ4n) is 5.46. The van der Waals surface area contributed by atoms with Crippen molar-refractivity contribution in [2.24, 2.45) is 0 Å². The third kappa shape index (κ3) is 11.0. The van der Waals surface area contributed by atoms with E-state index >= 15 is 0 Å². The van der Waals surface area contributed by atoms with Gasteiger partial charge in [0.2, 0.25) is 5.91 Å². The van der Waals surface area contributed by atoms with E-state index in [1.165, 1.54) is 68.9 Å². The van der Waals surface area contributed by atoms with Crippen LogP contribution in [0.15, 0.2) is 42.5 Å². The van der Waals surface area contributed by atoms with Crippen molar-refractivity contribution in [3.63, 3.8) is 0 Å². The summed E-state index contributed by atoms with van der Waals surface area (Å²) in [6.07, 6.45) is 16.1. The number of carbonyl (C=O) groups is 2. The Morgan fingerprint density at radius 3 is 2.23 bits per heavy atom. The van der Waals surface area contributed by atoms with Gasteiger partial charge >= 0.3 is 0 Å². The number of unbranched alkanes of at least 4 members (excludes halogenated alkanes) is 10. The maximum Gasteiger partial charge on any atom is 0.253 e. The Morgan fingerprint density at radius 2 is 1.52 bits per heavy atom. The minimum atomic E-state index is -0.119. The van der Waals surface area contributed by atoms with Crippen LogP contribution in [0.4, 0.5) is 11.4 Å². The smallest absolute Gasteiger partial charge is 0.253 e. The molecule has 3 rings (SSSR count). The molecule has 6 nitrogen and oxygen atoms in total. The number of hydrogen-bond acceptors (Lipinski definition) is 4. The van der Waals surface area contributed by atoms with Crippen LogP contribution in [0.25, 0.3) is 0 Å². The number of nitrogens with zero attached hydrogens (tertiary/aromatic N) is 1. The topological polar surface area (TPSA) is 70.7 Å². The minimum Gasteiger partial charge on any atom is -0.385 e. The van der Waals surface area contributed by atoms with Gasteiger partial charge < -0.3 is 20.3 Å². The summed E-state index contributed by atoms with van der Waals surface area (Å²) in [6.45, 7) is 5.03. The van der Waals surface area contributed by atoms with Crippen LogP contribution in [0.2, 0.25) is 0 Å². The fourth-order valence-corrected chi connectivity index (χ4v) is 5.46. The van der Waals surface area contributed by atoms with Gasteiger partial charge in [0.1, 0.15) is 0 Å². The highest BCUT2D eigenvalue weighted by molar-refractivity contribution is 6.02. The number of nitrogens with one attached hydrogen (secondary N) is 2. The van der Waals surface area contributed by atoms with Crippen molar-refractivity contribution in [3.05, 3.63) is 59.2 Å². The highest BCUT2D eigenvalue weighted by Gasteiger charge is 2.22. The lowest BCUT2D eigenvalue weighted by Gasteiger charge is -2.32. The molecule has 6 heteroatoms. The van der Waals surface area contributed by atoms with Crippen LogP contribution < -0.4 is 15.5 Å². The molecule has 0 aromatic heterocycles. The monoisotopic (exact) mass is 549 g/mol. The summed E-state index contributed by atoms with van der Waals surface area (Å²) in [5.41, 5.74) is 4.85. The molecule has 0 unspecified atom stereocenters. The van der Waals surface area contributed by atoms with Crippen molar-refractivity contribution in [3.8, 4) is 0 Å². The first kappa shape index (κ1) is 31.7. The Labute approximate surface area is 242 Å². The number of ether oxygens (including phenoxy) is 1. The number of fused-ring (bicyclic) bond motifs is 1. The van der Waals surface area contributed by atoms with E-state index in [1.807, 2.05) is 18.2 Å². The van der Waals surface area contributed by atoms with Gasteiger partial charge in [0.05, 0.1) is 5.56 Å². The summed E-state index contributed by atoms with van der Waals surface area (Å²) in [6, 6.07) is 14.2. The van der Waals surface area contributed by atoms with E-state index in [4.69, 9.17) is 4.74 Å². The fraction of sp³-hybridized carbons (Fsp3) is 0.588. The molecule has 0 saturated heterocycles. The van der Waals surface area contributed by atoms with Crippen molar-refractivity contribution < 1.29 is 14.3 Å². The standard InChI is InChI=1S/C34H51N3O3/c1-3-4-5-6-7-8-9-10-11-12-13-19-33(38)36-30-20-21-32(31(26-30)34(39)35-23-16-25-40-2)37-24-22-28-17-14-15-18-29(28)27-37/h14-15,17-18,20-21,26H,3-13,16,19,22-25,27H2,1-2H3,(H,35,39)(H,36,38). The molecular formula is C34H51N3O3. The van der Waals surface area contributed by atoms with Gasteiger partial charge in [-0.25, -0.2) is 0 Å². The maximum absolute atomic E-state index is 13.2. The zero-order valence-electron chi connectivity index (χ0n) is 24.9. The van der Waals surface area contributed by atoms with Crippen LogP contribution in [0.3, 0.4) is 0 Å². The molecule has 0 radical (unpaired) electrons. The molecule has 0 atom stereocenters. The second-order valence-corrected chi connectivity index (χ2v) is 11.1. The normalized spacial score (nSPS) is 12.7. The molecule has 1 heterocycles. The number of carbonyl (C=O) groups excluding carboxylic acids is 2. The van der Waals surface area contributed by atoms with E-state index in [0.29, 0.717) is 30.8 Å². The van der Waals surface area contributed by atoms with Gasteiger partial charge in [-0.3, -0.25) is 9.59 Å². The van der Waals surface area contributed by atoms with E-state index in [2.05, 4.69) is 46.7 Å². The molecule has 40 heavy (non-hydrogen) atoms. The van der Waals surface area contributed by atoms with Crippen LogP contribution in [-0.4, -0.2) is 38.6 Å². The van der Waals surface area contributed by atoms with Crippen molar-refractivity contribution >= 4 is 23.2 Å². The quantitative estimate of drug-likeness (QED) is 0.177. The summed E-state index contributed by atoms with van der Waals surface area (Å²) in [5, 5.41) is 6.07. The van der Waals surface area contributed by atoms with Crippen LogP contribution in [-0.2, 0) is 22.5 Å². The lowest BCUT2D eigenvalue weighted by Crippen LogP contribution is -2.33. The summed E-state index contributed by atoms with van der Waals surface area (Å²) >= 11 is 0. The average molecular weight is 550 g/mol. The minimum absolute atomic E-state index is 0.0158. The molecule has 0 saturated carbocycles. The third-order valence-electron chi connectivity index (χ3n) is 7.81. The molecule has 0 spiro atoms. The van der Waals surface area contributed by atoms with Crippen LogP contribution in [0, 0.1) is 0 Å². The van der Waals surface area contributed by atoms with Crippen molar-refractivity contribution in [1.29, 1.82) is 0 Å². The van der Waals surface area contributed by atoms with Crippen molar-refractivity contribution in [2.75, 3.05) is 37.0 Å². The third-order valence-corrected chi connectivity index (χ3v) is 7.81. The lowest BCUT2D eigenvalue weighted by molar-refractivity contribution is -0.116. The predicted molar refractivity (Wildman–Crippen MR) is 166 cm³/mol. The Morgan fingerprint density at radius 1 is 0.850 bits per heavy atom.